The van der Waals surface area contributed by atoms with Crippen LogP contribution in [-0.2, 0) is 9.45 Å². The van der Waals surface area contributed by atoms with Gasteiger partial charge >= 0.3 is 0 Å². The molecule has 4 heteroatoms. The van der Waals surface area contributed by atoms with Gasteiger partial charge in [0.05, 0.1) is 6.10 Å². The maximum Gasteiger partial charge on any atom is 0.283 e. The Morgan fingerprint density at radius 3 is 2.45 bits per heavy atom. The van der Waals surface area contributed by atoms with Crippen molar-refractivity contribution in [3.63, 3.8) is 0 Å². The zero-order valence-electron chi connectivity index (χ0n) is 7.28. The van der Waals surface area contributed by atoms with E-state index in [-0.39, 0.29) is 14.0 Å². The van der Waals surface area contributed by atoms with E-state index in [1.165, 1.54) is 0 Å². The Labute approximate surface area is 70.9 Å². The van der Waals surface area contributed by atoms with Crippen molar-refractivity contribution < 1.29 is 9.45 Å². The van der Waals surface area contributed by atoms with Gasteiger partial charge in [-0.2, -0.15) is 0 Å². The molecule has 0 saturated carbocycles. The number of hydrogen-bond donors (Lipinski definition) is 0. The Hall–Kier alpha value is 0.125. The molecule has 0 N–H and O–H groups in total. The van der Waals surface area contributed by atoms with Gasteiger partial charge < -0.3 is 9.45 Å². The molecule has 0 fully saturated rings. The first-order chi connectivity index (χ1) is 5.13. The average molecular weight is 172 g/mol. The lowest BCUT2D eigenvalue weighted by atomic mass is 10.2. The molecule has 2 radical (unpaired) electrons. The van der Waals surface area contributed by atoms with Gasteiger partial charge in [0.1, 0.15) is 6.29 Å². The summed E-state index contributed by atoms with van der Waals surface area (Å²) in [5.41, 5.74) is 0.389. The molecule has 0 aliphatic heterocycles. The van der Waals surface area contributed by atoms with Gasteiger partial charge in [0, 0.05) is 12.1 Å². The van der Waals surface area contributed by atoms with Gasteiger partial charge in [-0.1, -0.05) is 6.92 Å². The molecule has 0 saturated heterocycles. The van der Waals surface area contributed by atoms with E-state index >= 15 is 0 Å². The van der Waals surface area contributed by atoms with Gasteiger partial charge in [0.2, 0.25) is 0 Å². The summed E-state index contributed by atoms with van der Waals surface area (Å²) in [6.07, 6.45) is 1.15. The van der Waals surface area contributed by atoms with Crippen LogP contribution in [0.1, 0.15) is 13.3 Å². The van der Waals surface area contributed by atoms with Crippen LogP contribution >= 0.6 is 7.92 Å². The van der Waals surface area contributed by atoms with E-state index in [4.69, 9.17) is 12.7 Å². The molecule has 0 aliphatic carbocycles. The van der Waals surface area contributed by atoms with E-state index in [1.807, 2.05) is 0 Å². The predicted octanol–water partition coefficient (Wildman–Crippen LogP) is 1.17. The second-order valence-electron chi connectivity index (χ2n) is 2.78. The highest BCUT2D eigenvalue weighted by Crippen LogP contribution is 2.35. The SMILES string of the molecule is [B]O[C@H](CC=O)[C@H](C)P(C)C. The fourth-order valence-electron chi connectivity index (χ4n) is 0.794. The van der Waals surface area contributed by atoms with Crippen LogP contribution in [0.4, 0.5) is 0 Å². The lowest BCUT2D eigenvalue weighted by Crippen LogP contribution is -2.24. The molecular weight excluding hydrogens is 158 g/mol. The quantitative estimate of drug-likeness (QED) is 0.353. The normalized spacial score (nSPS) is 16.4. The van der Waals surface area contributed by atoms with Crippen LogP contribution in [0.3, 0.4) is 0 Å². The highest BCUT2D eigenvalue weighted by atomic mass is 31.1. The Kier molecular flexibility index (Phi) is 5.80. The van der Waals surface area contributed by atoms with Gasteiger partial charge in [-0.05, 0) is 13.3 Å². The predicted molar refractivity (Wildman–Crippen MR) is 49.5 cm³/mol. The summed E-state index contributed by atoms with van der Waals surface area (Å²) >= 11 is 0. The number of carbonyl (C=O) groups is 1. The van der Waals surface area contributed by atoms with Crippen molar-refractivity contribution >= 4 is 22.3 Å². The molecule has 62 valence electrons. The Morgan fingerprint density at radius 1 is 1.64 bits per heavy atom. The van der Waals surface area contributed by atoms with Crippen LogP contribution in [-0.4, -0.2) is 39.4 Å². The maximum absolute atomic E-state index is 10.2. The molecule has 0 aromatic carbocycles. The fourth-order valence-corrected chi connectivity index (χ4v) is 1.65. The zero-order valence-corrected chi connectivity index (χ0v) is 8.17. The third-order valence-electron chi connectivity index (χ3n) is 1.86. The minimum absolute atomic E-state index is 0.0823. The second-order valence-corrected chi connectivity index (χ2v) is 5.52. The lowest BCUT2D eigenvalue weighted by molar-refractivity contribution is -0.109. The Balaban J connectivity index is 3.90. The number of aldehydes is 1. The molecule has 0 spiro atoms. The molecule has 0 rings (SSSR count). The van der Waals surface area contributed by atoms with Crippen molar-refractivity contribution in [2.24, 2.45) is 0 Å². The van der Waals surface area contributed by atoms with Gasteiger partial charge in [-0.3, -0.25) is 0 Å². The summed E-state index contributed by atoms with van der Waals surface area (Å²) in [5.74, 6) is 0. The highest BCUT2D eigenvalue weighted by Gasteiger charge is 2.17. The van der Waals surface area contributed by atoms with E-state index in [9.17, 15) is 4.79 Å². The Bertz CT molecular complexity index is 119. The maximum atomic E-state index is 10.2. The molecule has 0 heterocycles. The van der Waals surface area contributed by atoms with E-state index in [2.05, 4.69) is 20.3 Å². The van der Waals surface area contributed by atoms with Gasteiger partial charge in [-0.15, -0.1) is 7.92 Å². The van der Waals surface area contributed by atoms with E-state index < -0.39 is 0 Å². The first-order valence-electron chi connectivity index (χ1n) is 3.59. The molecule has 0 aromatic rings. The zero-order chi connectivity index (χ0) is 8.85. The van der Waals surface area contributed by atoms with Crippen molar-refractivity contribution in [2.75, 3.05) is 13.3 Å². The molecular formula is C7H14BO2P. The first-order valence-corrected chi connectivity index (χ1v) is 5.89. The third kappa shape index (κ3) is 3.88. The molecule has 2 atom stereocenters. The summed E-state index contributed by atoms with van der Waals surface area (Å²) < 4.78 is 4.70. The minimum Gasteiger partial charge on any atom is -0.444 e. The lowest BCUT2D eigenvalue weighted by Gasteiger charge is -2.24. The average Bonchev–Trinajstić information content (AvgIpc) is 1.98. The summed E-state index contributed by atoms with van der Waals surface area (Å²) in [6.45, 7) is 6.36. The van der Waals surface area contributed by atoms with Crippen LogP contribution in [0.25, 0.3) is 0 Å². The smallest absolute Gasteiger partial charge is 0.283 e. The van der Waals surface area contributed by atoms with E-state index in [0.29, 0.717) is 12.1 Å². The molecule has 0 unspecified atom stereocenters. The highest BCUT2D eigenvalue weighted by molar-refractivity contribution is 7.56. The summed E-state index contributed by atoms with van der Waals surface area (Å²) in [6, 6.07) is 0. The van der Waals surface area contributed by atoms with Crippen molar-refractivity contribution in [1.29, 1.82) is 0 Å². The van der Waals surface area contributed by atoms with Crippen LogP contribution in [0.5, 0.6) is 0 Å². The molecule has 0 amide bonds. The van der Waals surface area contributed by atoms with Crippen molar-refractivity contribution in [3.8, 4) is 0 Å². The molecule has 0 aromatic heterocycles. The van der Waals surface area contributed by atoms with Crippen molar-refractivity contribution in [1.82, 2.24) is 0 Å². The van der Waals surface area contributed by atoms with Gasteiger partial charge in [0.25, 0.3) is 8.05 Å². The van der Waals surface area contributed by atoms with Crippen molar-refractivity contribution in [3.05, 3.63) is 0 Å². The molecule has 2 nitrogen and oxygen atoms in total. The molecule has 11 heavy (non-hydrogen) atoms. The largest absolute Gasteiger partial charge is 0.444 e. The first kappa shape index (κ1) is 11.1. The van der Waals surface area contributed by atoms with Crippen LogP contribution in [0.15, 0.2) is 0 Å². The summed E-state index contributed by atoms with van der Waals surface area (Å²) in [5, 5.41) is 0. The van der Waals surface area contributed by atoms with E-state index in [1.54, 1.807) is 0 Å². The van der Waals surface area contributed by atoms with Crippen LogP contribution in [0, 0.1) is 0 Å². The van der Waals surface area contributed by atoms with E-state index in [0.717, 1.165) is 6.29 Å². The third-order valence-corrected chi connectivity index (χ3v) is 3.82. The van der Waals surface area contributed by atoms with Gasteiger partial charge in [-0.25, -0.2) is 0 Å². The van der Waals surface area contributed by atoms with Gasteiger partial charge in [0.15, 0.2) is 0 Å². The summed E-state index contributed by atoms with van der Waals surface area (Å²) in [4.78, 5) is 10.2. The summed E-state index contributed by atoms with van der Waals surface area (Å²) in [7, 11) is 4.97. The standard InChI is InChI=1S/C7H14BO2P/c1-6(11(2)3)7(10-8)4-5-9/h5-7H,4H2,1-3H3/t6-,7+/m0/s1. The Morgan fingerprint density at radius 2 is 2.18 bits per heavy atom. The molecule has 0 bridgehead atoms. The fraction of sp³-hybridized carbons (Fsp3) is 0.857. The monoisotopic (exact) mass is 172 g/mol. The van der Waals surface area contributed by atoms with Crippen LogP contribution in [0.2, 0.25) is 0 Å². The number of carbonyl (C=O) groups excluding carboxylic acids is 1. The van der Waals surface area contributed by atoms with Crippen molar-refractivity contribution in [2.45, 2.75) is 25.1 Å². The minimum atomic E-state index is -0.103. The second kappa shape index (κ2) is 5.73. The number of hydrogen-bond acceptors (Lipinski definition) is 2. The topological polar surface area (TPSA) is 26.3 Å². The van der Waals surface area contributed by atoms with Crippen LogP contribution < -0.4 is 0 Å². The number of rotatable bonds is 5. The molecule has 0 aliphatic rings.